The summed E-state index contributed by atoms with van der Waals surface area (Å²) in [6.07, 6.45) is 5.85. The molecule has 0 aliphatic carbocycles. The highest BCUT2D eigenvalue weighted by Crippen LogP contribution is 2.33. The van der Waals surface area contributed by atoms with Crippen LogP contribution in [-0.4, -0.2) is 40.2 Å². The maximum absolute atomic E-state index is 13.5. The first-order valence-corrected chi connectivity index (χ1v) is 14.0. The number of benzene rings is 1. The number of nitrogens with one attached hydrogen (secondary N) is 2. The van der Waals surface area contributed by atoms with Crippen molar-refractivity contribution in [1.29, 1.82) is 0 Å². The molecule has 39 heavy (non-hydrogen) atoms. The Balaban J connectivity index is 1.64. The average molecular weight is 567 g/mol. The van der Waals surface area contributed by atoms with E-state index in [1.54, 1.807) is 42.2 Å². The third kappa shape index (κ3) is 5.08. The number of aromatic nitrogens is 4. The van der Waals surface area contributed by atoms with Gasteiger partial charge in [-0.05, 0) is 50.6 Å². The topological polar surface area (TPSA) is 149 Å². The lowest BCUT2D eigenvalue weighted by Gasteiger charge is -2.20. The van der Waals surface area contributed by atoms with Gasteiger partial charge in [0.05, 0.1) is 35.1 Å². The van der Waals surface area contributed by atoms with Gasteiger partial charge >= 0.3 is 0 Å². The van der Waals surface area contributed by atoms with Crippen molar-refractivity contribution in [2.24, 2.45) is 0 Å². The molecule has 5 aromatic rings. The number of pyridine rings is 1. The average Bonchev–Trinajstić information content (AvgIpc) is 3.30. The van der Waals surface area contributed by atoms with Gasteiger partial charge in [0.25, 0.3) is 5.91 Å². The second kappa shape index (κ2) is 9.79. The fourth-order valence-corrected chi connectivity index (χ4v) is 4.97. The van der Waals surface area contributed by atoms with Gasteiger partial charge < -0.3 is 9.73 Å². The lowest BCUT2D eigenvalue weighted by atomic mass is 9.99. The van der Waals surface area contributed by atoms with E-state index in [2.05, 4.69) is 20.4 Å². The summed E-state index contributed by atoms with van der Waals surface area (Å²) in [4.78, 5) is 34.6. The van der Waals surface area contributed by atoms with Crippen LogP contribution in [0.5, 0.6) is 0 Å². The highest BCUT2D eigenvalue weighted by atomic mass is 35.5. The maximum Gasteiger partial charge on any atom is 0.285 e. The van der Waals surface area contributed by atoms with Crippen molar-refractivity contribution in [2.45, 2.75) is 26.8 Å². The molecule has 1 amide bonds. The number of carbonyl (C=O) groups excluding carboxylic acids is 1. The third-order valence-corrected chi connectivity index (χ3v) is 6.88. The number of nitrogens with zero attached hydrogens (tertiary/aromatic N) is 4. The van der Waals surface area contributed by atoms with Gasteiger partial charge in [0, 0.05) is 23.5 Å². The number of sulfonamides is 1. The molecule has 200 valence electrons. The number of halogens is 1. The zero-order valence-electron chi connectivity index (χ0n) is 21.3. The van der Waals surface area contributed by atoms with E-state index in [1.807, 2.05) is 24.6 Å². The molecule has 0 fully saturated rings. The predicted molar refractivity (Wildman–Crippen MR) is 148 cm³/mol. The van der Waals surface area contributed by atoms with Crippen molar-refractivity contribution < 1.29 is 17.6 Å². The number of amides is 1. The largest absolute Gasteiger partial charge is 0.455 e. The van der Waals surface area contributed by atoms with Crippen LogP contribution in [0.1, 0.15) is 40.1 Å². The van der Waals surface area contributed by atoms with Gasteiger partial charge in [-0.25, -0.2) is 27.6 Å². The van der Waals surface area contributed by atoms with Crippen molar-refractivity contribution >= 4 is 49.8 Å². The summed E-state index contributed by atoms with van der Waals surface area (Å²) >= 11 is 5.99. The molecule has 13 heteroatoms. The Kier molecular flexibility index (Phi) is 6.60. The second-order valence-corrected chi connectivity index (χ2v) is 11.3. The summed E-state index contributed by atoms with van der Waals surface area (Å²) in [5.74, 6) is -0.589. The molecular formula is C26H23ClN6O5S. The maximum atomic E-state index is 13.5. The van der Waals surface area contributed by atoms with Gasteiger partial charge in [0.2, 0.25) is 10.0 Å². The minimum Gasteiger partial charge on any atom is -0.455 e. The van der Waals surface area contributed by atoms with E-state index in [0.717, 1.165) is 11.8 Å². The number of rotatable bonds is 6. The normalized spacial score (nSPS) is 12.5. The van der Waals surface area contributed by atoms with Crippen LogP contribution in [0.3, 0.4) is 0 Å². The summed E-state index contributed by atoms with van der Waals surface area (Å²) in [7, 11) is -3.84. The Bertz CT molecular complexity index is 1950. The zero-order chi connectivity index (χ0) is 28.1. The summed E-state index contributed by atoms with van der Waals surface area (Å²) < 4.78 is 33.2. The van der Waals surface area contributed by atoms with E-state index >= 15 is 0 Å². The van der Waals surface area contributed by atoms with Crippen LogP contribution >= 0.6 is 11.6 Å². The molecule has 4 aromatic heterocycles. The smallest absolute Gasteiger partial charge is 0.285 e. The van der Waals surface area contributed by atoms with Crippen LogP contribution in [0, 0.1) is 13.8 Å². The van der Waals surface area contributed by atoms with E-state index in [-0.39, 0.29) is 22.0 Å². The fourth-order valence-electron chi connectivity index (χ4n) is 4.39. The molecule has 0 radical (unpaired) electrons. The Labute approximate surface area is 227 Å². The minimum absolute atomic E-state index is 0.0148. The first-order valence-electron chi connectivity index (χ1n) is 11.7. The van der Waals surface area contributed by atoms with Crippen molar-refractivity contribution in [3.8, 4) is 11.3 Å². The first-order chi connectivity index (χ1) is 18.4. The Hall–Kier alpha value is -4.29. The van der Waals surface area contributed by atoms with Gasteiger partial charge in [0.1, 0.15) is 16.5 Å². The van der Waals surface area contributed by atoms with Crippen molar-refractivity contribution in [2.75, 3.05) is 11.6 Å². The van der Waals surface area contributed by atoms with E-state index in [0.29, 0.717) is 39.1 Å². The third-order valence-electron chi connectivity index (χ3n) is 6.11. The number of anilines is 1. The summed E-state index contributed by atoms with van der Waals surface area (Å²) in [6, 6.07) is 7.87. The molecule has 4 heterocycles. The van der Waals surface area contributed by atoms with Gasteiger partial charge in [0.15, 0.2) is 16.8 Å². The number of hydrogen-bond acceptors (Lipinski definition) is 9. The molecule has 0 bridgehead atoms. The van der Waals surface area contributed by atoms with Crippen LogP contribution < -0.4 is 15.5 Å². The summed E-state index contributed by atoms with van der Waals surface area (Å²) in [5.41, 5.74) is 3.19. The Morgan fingerprint density at radius 3 is 2.72 bits per heavy atom. The summed E-state index contributed by atoms with van der Waals surface area (Å²) in [5, 5.41) is 7.92. The standard InChI is InChI=1S/C26H23ClN6O5S/c1-13-10-16(15(3)30-19-6-7-20(27)31-21(19)26(35)32-39(4,36)37)24-17(11-13)22(34)14(2)23(38-24)18-12-29-33-9-5-8-28-25(18)33/h5-12,15,30H,1-4H3,(H,32,35)/t15-/m1/s1. The van der Waals surface area contributed by atoms with Gasteiger partial charge in [-0.2, -0.15) is 5.10 Å². The second-order valence-electron chi connectivity index (χ2n) is 9.16. The molecule has 5 rings (SSSR count). The molecule has 0 saturated heterocycles. The highest BCUT2D eigenvalue weighted by Gasteiger charge is 2.23. The molecule has 1 aromatic carbocycles. The molecule has 0 spiro atoms. The van der Waals surface area contributed by atoms with Crippen molar-refractivity contribution in [3.05, 3.63) is 86.7 Å². The van der Waals surface area contributed by atoms with Gasteiger partial charge in [-0.15, -0.1) is 0 Å². The van der Waals surface area contributed by atoms with Gasteiger partial charge in [-0.1, -0.05) is 17.7 Å². The molecule has 0 aliphatic heterocycles. The van der Waals surface area contributed by atoms with Crippen LogP contribution in [0.15, 0.2) is 58.1 Å². The Morgan fingerprint density at radius 1 is 1.21 bits per heavy atom. The van der Waals surface area contributed by atoms with Crippen molar-refractivity contribution in [1.82, 2.24) is 24.3 Å². The monoisotopic (exact) mass is 566 g/mol. The van der Waals surface area contributed by atoms with Gasteiger partial charge in [-0.3, -0.25) is 9.59 Å². The number of aryl methyl sites for hydroxylation is 1. The van der Waals surface area contributed by atoms with Crippen molar-refractivity contribution in [3.63, 3.8) is 0 Å². The molecule has 0 saturated carbocycles. The first kappa shape index (κ1) is 26.3. The van der Waals surface area contributed by atoms with E-state index < -0.39 is 22.0 Å². The molecule has 11 nitrogen and oxygen atoms in total. The summed E-state index contributed by atoms with van der Waals surface area (Å²) in [6.45, 7) is 5.38. The molecule has 0 aliphatic rings. The van der Waals surface area contributed by atoms with Crippen LogP contribution in [0.2, 0.25) is 5.15 Å². The molecule has 2 N–H and O–H groups in total. The predicted octanol–water partition coefficient (Wildman–Crippen LogP) is 4.03. The molecule has 0 unspecified atom stereocenters. The lowest BCUT2D eigenvalue weighted by Crippen LogP contribution is -2.31. The van der Waals surface area contributed by atoms with E-state index in [1.165, 1.54) is 12.1 Å². The molecular weight excluding hydrogens is 544 g/mol. The lowest BCUT2D eigenvalue weighted by molar-refractivity contribution is 0.0977. The number of fused-ring (bicyclic) bond motifs is 2. The van der Waals surface area contributed by atoms with E-state index in [4.69, 9.17) is 16.0 Å². The van der Waals surface area contributed by atoms with Crippen LogP contribution in [0.4, 0.5) is 5.69 Å². The van der Waals surface area contributed by atoms with Crippen LogP contribution in [-0.2, 0) is 10.0 Å². The Morgan fingerprint density at radius 2 is 1.97 bits per heavy atom. The number of hydrogen-bond donors (Lipinski definition) is 2. The van der Waals surface area contributed by atoms with Crippen LogP contribution in [0.25, 0.3) is 27.9 Å². The quantitative estimate of drug-likeness (QED) is 0.290. The highest BCUT2D eigenvalue weighted by molar-refractivity contribution is 7.89. The fraction of sp³-hybridized carbons (Fsp3) is 0.192. The van der Waals surface area contributed by atoms with E-state index in [9.17, 15) is 18.0 Å². The molecule has 1 atom stereocenters. The number of carbonyl (C=O) groups is 1. The minimum atomic E-state index is -3.84. The SMILES string of the molecule is Cc1cc([C@@H](C)Nc2ccc(Cl)nc2C(=O)NS(C)(=O)=O)c2oc(-c3cnn4cccnc34)c(C)c(=O)c2c1. The zero-order valence-corrected chi connectivity index (χ0v) is 22.9.